The predicted octanol–water partition coefficient (Wildman–Crippen LogP) is 6.38. The van der Waals surface area contributed by atoms with E-state index in [1.165, 1.54) is 36.4 Å². The Morgan fingerprint density at radius 3 is 1.78 bits per heavy atom. The van der Waals surface area contributed by atoms with Gasteiger partial charge in [0.05, 0.1) is 43.0 Å². The van der Waals surface area contributed by atoms with E-state index in [-0.39, 0.29) is 35.7 Å². The number of likely N-dealkylation sites (tertiary alicyclic amines) is 2. The summed E-state index contributed by atoms with van der Waals surface area (Å²) in [6, 6.07) is 11.0. The van der Waals surface area contributed by atoms with Crippen LogP contribution in [0.3, 0.4) is 0 Å². The first-order chi connectivity index (χ1) is 26.4. The van der Waals surface area contributed by atoms with E-state index >= 15 is 0 Å². The number of alkyl carbamates (subject to hydrolysis) is 1. The van der Waals surface area contributed by atoms with Gasteiger partial charge in [0, 0.05) is 20.1 Å². The summed E-state index contributed by atoms with van der Waals surface area (Å²) in [7, 11) is 2.74. The molecule has 4 heterocycles. The number of methoxy groups -OCH3 is 1. The second-order valence-corrected chi connectivity index (χ2v) is 15.6. The summed E-state index contributed by atoms with van der Waals surface area (Å²) in [4.78, 5) is 72.1. The van der Waals surface area contributed by atoms with Crippen molar-refractivity contribution in [2.24, 2.45) is 11.8 Å². The third-order valence-electron chi connectivity index (χ3n) is 11.4. The fraction of sp³-hybridized carbons (Fsp3) is 0.463. The van der Waals surface area contributed by atoms with Gasteiger partial charge in [0.2, 0.25) is 11.8 Å². The van der Waals surface area contributed by atoms with E-state index in [1.54, 1.807) is 4.90 Å². The highest BCUT2D eigenvalue weighted by Crippen LogP contribution is 2.41. The number of likely N-dealkylation sites (N-methyl/N-ethyl adjacent to an activating group) is 1. The van der Waals surface area contributed by atoms with Gasteiger partial charge in [-0.05, 0) is 89.5 Å². The molecule has 2 fully saturated rings. The molecule has 290 valence electrons. The van der Waals surface area contributed by atoms with Gasteiger partial charge in [-0.2, -0.15) is 0 Å². The normalized spacial score (nSPS) is 18.7. The minimum atomic E-state index is -1.12. The van der Waals surface area contributed by atoms with Gasteiger partial charge in [-0.1, -0.05) is 52.0 Å². The number of carbonyl (C=O) groups is 4. The van der Waals surface area contributed by atoms with E-state index in [0.717, 1.165) is 65.3 Å². The molecular weight excluding hydrogens is 701 g/mol. The second kappa shape index (κ2) is 15.2. The Hall–Kier alpha value is -5.66. The molecule has 0 saturated carbocycles. The van der Waals surface area contributed by atoms with Crippen LogP contribution >= 0.6 is 0 Å². The number of hydrogen-bond acceptors (Lipinski definition) is 7. The van der Waals surface area contributed by atoms with Crippen molar-refractivity contribution in [1.29, 1.82) is 0 Å². The van der Waals surface area contributed by atoms with Gasteiger partial charge >= 0.3 is 12.2 Å². The minimum absolute atomic E-state index is 0.109. The summed E-state index contributed by atoms with van der Waals surface area (Å²) in [6.07, 6.45) is 5.86. The van der Waals surface area contributed by atoms with Crippen molar-refractivity contribution in [2.45, 2.75) is 84.0 Å². The van der Waals surface area contributed by atoms with Crippen LogP contribution < -0.4 is 5.32 Å². The number of imidazole rings is 2. The molecule has 0 bridgehead atoms. The number of H-pyrrole nitrogens is 2. The van der Waals surface area contributed by atoms with Crippen molar-refractivity contribution in [1.82, 2.24) is 40.0 Å². The molecule has 3 aliphatic rings. The van der Waals surface area contributed by atoms with Crippen LogP contribution in [-0.2, 0) is 20.7 Å². The Balaban J connectivity index is 1.05. The largest absolute Gasteiger partial charge is 0.465 e. The van der Waals surface area contributed by atoms with E-state index in [9.17, 15) is 24.3 Å². The van der Waals surface area contributed by atoms with Crippen LogP contribution in [0.15, 0.2) is 48.8 Å². The molecule has 2 saturated heterocycles. The maximum atomic E-state index is 13.7. The number of ether oxygens (including phenoxy) is 1. The molecule has 4 atom stereocenters. The highest BCUT2D eigenvalue weighted by atomic mass is 16.5. The molecule has 4 N–H and O–H groups in total. The lowest BCUT2D eigenvalue weighted by Crippen LogP contribution is -2.51. The summed E-state index contributed by atoms with van der Waals surface area (Å²) in [5, 5.41) is 12.3. The van der Waals surface area contributed by atoms with Gasteiger partial charge in [-0.15, -0.1) is 0 Å². The maximum Gasteiger partial charge on any atom is 0.407 e. The molecule has 4 amide bonds. The average molecular weight is 751 g/mol. The van der Waals surface area contributed by atoms with Crippen LogP contribution in [0.1, 0.15) is 88.2 Å². The lowest BCUT2D eigenvalue weighted by Gasteiger charge is -2.33. The molecule has 4 aromatic rings. The number of carbonyl (C=O) groups excluding carboxylic acids is 3. The zero-order chi connectivity index (χ0) is 39.1. The zero-order valence-corrected chi connectivity index (χ0v) is 32.3. The van der Waals surface area contributed by atoms with Crippen LogP contribution in [0, 0.1) is 11.8 Å². The van der Waals surface area contributed by atoms with Crippen molar-refractivity contribution < 1.29 is 29.0 Å². The number of amides is 4. The van der Waals surface area contributed by atoms with Gasteiger partial charge < -0.3 is 34.9 Å². The van der Waals surface area contributed by atoms with Crippen LogP contribution in [0.4, 0.5) is 9.59 Å². The van der Waals surface area contributed by atoms with E-state index in [4.69, 9.17) is 14.7 Å². The fourth-order valence-electron chi connectivity index (χ4n) is 8.55. The molecular formula is C41H50N8O6. The van der Waals surface area contributed by atoms with Crippen LogP contribution in [0.5, 0.6) is 0 Å². The van der Waals surface area contributed by atoms with Crippen molar-refractivity contribution in [2.75, 3.05) is 27.2 Å². The molecule has 2 aromatic heterocycles. The van der Waals surface area contributed by atoms with Crippen molar-refractivity contribution in [3.8, 4) is 33.6 Å². The predicted molar refractivity (Wildman–Crippen MR) is 206 cm³/mol. The first kappa shape index (κ1) is 37.6. The summed E-state index contributed by atoms with van der Waals surface area (Å²) >= 11 is 0. The van der Waals surface area contributed by atoms with E-state index in [0.29, 0.717) is 18.9 Å². The maximum absolute atomic E-state index is 13.7. The van der Waals surface area contributed by atoms with E-state index in [1.807, 2.05) is 45.0 Å². The summed E-state index contributed by atoms with van der Waals surface area (Å²) in [5.74, 6) is 0.817. The fourth-order valence-corrected chi connectivity index (χ4v) is 8.55. The standard InChI is InChI=1S/C41H50N8O6/c1-22(2)34(46-40(52)55-6)38(50)48-15-7-9-32(48)36-42-20-30(44-36)24-11-13-28-26(17-24)19-27-18-25(12-14-29(27)28)31-21-43-37(45-31)33-10-8-16-49(33)39(51)35(23(3)4)47(5)41(53)54/h11-14,17-18,20-23,32-35H,7-10,15-16,19H2,1-6H3,(H,42,44)(H,43,45)(H,46,52)(H,53,54)/t32?,33-,34-,35-/m0/s1. The summed E-state index contributed by atoms with van der Waals surface area (Å²) in [6.45, 7) is 8.69. The van der Waals surface area contributed by atoms with Gasteiger partial charge in [-0.25, -0.2) is 19.6 Å². The third-order valence-corrected chi connectivity index (χ3v) is 11.4. The lowest BCUT2D eigenvalue weighted by atomic mass is 10.0. The van der Waals surface area contributed by atoms with Crippen molar-refractivity contribution in [3.63, 3.8) is 0 Å². The topological polar surface area (TPSA) is 177 Å². The number of benzene rings is 2. The Morgan fingerprint density at radius 1 is 0.818 bits per heavy atom. The Morgan fingerprint density at radius 2 is 1.33 bits per heavy atom. The molecule has 2 aromatic carbocycles. The number of aromatic amines is 2. The Labute approximate surface area is 320 Å². The number of aromatic nitrogens is 4. The van der Waals surface area contributed by atoms with Crippen molar-refractivity contribution in [3.05, 3.63) is 71.6 Å². The van der Waals surface area contributed by atoms with Crippen LogP contribution in [0.25, 0.3) is 33.6 Å². The molecule has 55 heavy (non-hydrogen) atoms. The number of rotatable bonds is 10. The van der Waals surface area contributed by atoms with Gasteiger partial charge in [0.1, 0.15) is 23.7 Å². The number of carboxylic acid groups (broad SMARTS) is 1. The molecule has 14 nitrogen and oxygen atoms in total. The number of fused-ring (bicyclic) bond motifs is 3. The zero-order valence-electron chi connectivity index (χ0n) is 32.3. The molecule has 2 aliphatic heterocycles. The first-order valence-corrected chi connectivity index (χ1v) is 19.1. The number of nitrogens with zero attached hydrogens (tertiary/aromatic N) is 5. The van der Waals surface area contributed by atoms with Crippen LogP contribution in [0.2, 0.25) is 0 Å². The van der Waals surface area contributed by atoms with E-state index in [2.05, 4.69) is 51.7 Å². The summed E-state index contributed by atoms with van der Waals surface area (Å²) < 4.78 is 4.77. The van der Waals surface area contributed by atoms with Crippen molar-refractivity contribution >= 4 is 24.0 Å². The monoisotopic (exact) mass is 750 g/mol. The molecule has 1 aliphatic carbocycles. The van der Waals surface area contributed by atoms with Gasteiger partial charge in [0.15, 0.2) is 0 Å². The highest BCUT2D eigenvalue weighted by molar-refractivity contribution is 5.87. The Kier molecular flexibility index (Phi) is 10.4. The quantitative estimate of drug-likeness (QED) is 0.127. The second-order valence-electron chi connectivity index (χ2n) is 15.6. The highest BCUT2D eigenvalue weighted by Gasteiger charge is 2.40. The van der Waals surface area contributed by atoms with Gasteiger partial charge in [-0.3, -0.25) is 14.5 Å². The minimum Gasteiger partial charge on any atom is -0.465 e. The number of nitrogens with one attached hydrogen (secondary N) is 3. The molecule has 7 rings (SSSR count). The average Bonchev–Trinajstić information content (AvgIpc) is 4.01. The third kappa shape index (κ3) is 7.17. The molecule has 0 spiro atoms. The van der Waals surface area contributed by atoms with Gasteiger partial charge in [0.25, 0.3) is 0 Å². The SMILES string of the molecule is COC(=O)N[C@H](C(=O)N1CCCC1c1ncc(-c2ccc3c(c2)Cc2cc(-c4cnc([C@@H]5CCCN5C(=O)[C@H](C(C)C)N(C)C(=O)O)[nH]4)ccc2-3)[nH]1)C(C)C. The molecule has 0 radical (unpaired) electrons. The molecule has 14 heteroatoms. The molecule has 1 unspecified atom stereocenters. The summed E-state index contributed by atoms with van der Waals surface area (Å²) in [5.41, 5.74) is 8.55. The number of hydrogen-bond donors (Lipinski definition) is 4. The van der Waals surface area contributed by atoms with E-state index < -0.39 is 24.3 Å². The smallest absolute Gasteiger partial charge is 0.407 e. The Bertz CT molecular complexity index is 2100. The van der Waals surface area contributed by atoms with Crippen LogP contribution in [-0.4, -0.2) is 103 Å². The lowest BCUT2D eigenvalue weighted by molar-refractivity contribution is -0.138. The first-order valence-electron chi connectivity index (χ1n) is 19.1.